The maximum absolute atomic E-state index is 15.4. The number of alkyl halides is 2. The first-order valence-electron chi connectivity index (χ1n) is 12.2. The molecule has 4 rings (SSSR count). The van der Waals surface area contributed by atoms with Crippen molar-refractivity contribution in [2.75, 3.05) is 32.6 Å². The standard InChI is InChI=1S/C20H30F2N4O12P2S2/c1-24-13-10(36-17(11(13)22)8-5-42-18-12(8)25-6-26-19(18)23)4-35-40(33,41)38-39(31,32)37-20-16(30)15(29)14(28)7(3-34-20)9(21)2-27/h5-7,9-11,13-17,20,24,27-30H,2-4H2,1H3,(H,31,32)(H,33,41)(H2,23,25,26)/t7?,9-,10+,11+,13+,14?,15?,16?,17-,20?,40?/m0/s1. The van der Waals surface area contributed by atoms with E-state index in [0.717, 1.165) is 0 Å². The quantitative estimate of drug-likeness (QED) is 0.117. The molecule has 2 aliphatic rings. The minimum atomic E-state index is -5.46. The molecule has 16 nitrogen and oxygen atoms in total. The molecule has 42 heavy (non-hydrogen) atoms. The van der Waals surface area contributed by atoms with Crippen molar-refractivity contribution in [3.63, 3.8) is 0 Å². The van der Waals surface area contributed by atoms with Crippen LogP contribution in [0.25, 0.3) is 10.2 Å². The zero-order chi connectivity index (χ0) is 31.0. The molecule has 0 aliphatic carbocycles. The van der Waals surface area contributed by atoms with Gasteiger partial charge >= 0.3 is 14.6 Å². The van der Waals surface area contributed by atoms with Crippen LogP contribution in [0.5, 0.6) is 0 Å². The van der Waals surface area contributed by atoms with Gasteiger partial charge in [-0.1, -0.05) is 12.2 Å². The molecule has 2 saturated heterocycles. The number of aliphatic hydroxyl groups is 4. The molecule has 2 aliphatic heterocycles. The minimum absolute atomic E-state index is 0.211. The lowest BCUT2D eigenvalue weighted by atomic mass is 9.93. The second kappa shape index (κ2) is 13.6. The third-order valence-corrected chi connectivity index (χ3v) is 11.4. The molecule has 4 heterocycles. The molecule has 0 amide bonds. The van der Waals surface area contributed by atoms with Crippen LogP contribution in [0.4, 0.5) is 14.6 Å². The van der Waals surface area contributed by atoms with Crippen molar-refractivity contribution in [1.82, 2.24) is 15.3 Å². The third-order valence-electron chi connectivity index (χ3n) is 6.76. The van der Waals surface area contributed by atoms with Gasteiger partial charge in [-0.2, -0.15) is 4.31 Å². The number of nitrogens with two attached hydrogens (primary N) is 1. The highest BCUT2D eigenvalue weighted by molar-refractivity contribution is 8.45. The number of aliphatic hydroxyl groups excluding tert-OH is 4. The Morgan fingerprint density at radius 2 is 2.00 bits per heavy atom. The van der Waals surface area contributed by atoms with Crippen LogP contribution >= 0.6 is 38.2 Å². The largest absolute Gasteiger partial charge is 0.482 e. The zero-order valence-electron chi connectivity index (χ0n) is 21.6. The number of anilines is 1. The van der Waals surface area contributed by atoms with Gasteiger partial charge in [0.2, 0.25) is 0 Å². The summed E-state index contributed by atoms with van der Waals surface area (Å²) in [6.45, 7) is -7.20. The number of phosphoric acid groups is 1. The number of fused-ring (bicyclic) bond motifs is 1. The Balaban J connectivity index is 1.40. The van der Waals surface area contributed by atoms with E-state index in [1.165, 1.54) is 24.7 Å². The number of rotatable bonds is 11. The molecule has 0 radical (unpaired) electrons. The second-order valence-electron chi connectivity index (χ2n) is 9.44. The fraction of sp³-hybridized carbons (Fsp3) is 0.700. The molecular formula is C20H30F2N4O12P2S2. The topological polar surface area (TPSA) is 245 Å². The van der Waals surface area contributed by atoms with Crippen LogP contribution in [0.1, 0.15) is 11.7 Å². The van der Waals surface area contributed by atoms with Crippen molar-refractivity contribution in [2.45, 2.75) is 55.2 Å². The summed E-state index contributed by atoms with van der Waals surface area (Å²) in [5, 5.41) is 43.7. The predicted octanol–water partition coefficient (Wildman–Crippen LogP) is 0.213. The van der Waals surface area contributed by atoms with Gasteiger partial charge in [0.05, 0.1) is 42.2 Å². The van der Waals surface area contributed by atoms with Crippen molar-refractivity contribution >= 4 is 54.2 Å². The SMILES string of the molecule is CN[C@H]1[C@@H](F)[C@H](c2csc3c(N)ncnc23)O[C@@H]1COP(=O)(S)OP(=O)(O)OC1OCC([C@@H](F)CO)C(O)C(O)C1O. The smallest absolute Gasteiger partial charge is 0.393 e. The number of hydrogen-bond donors (Lipinski definition) is 8. The summed E-state index contributed by atoms with van der Waals surface area (Å²) in [5.74, 6) is -1.32. The number of aromatic nitrogens is 2. The summed E-state index contributed by atoms with van der Waals surface area (Å²) < 4.78 is 80.4. The van der Waals surface area contributed by atoms with Gasteiger partial charge in [-0.3, -0.25) is 9.05 Å². The van der Waals surface area contributed by atoms with Crippen LogP contribution in [0.3, 0.4) is 0 Å². The van der Waals surface area contributed by atoms with E-state index in [1.54, 1.807) is 5.38 Å². The number of phosphoric ester groups is 1. The minimum Gasteiger partial charge on any atom is -0.393 e. The summed E-state index contributed by atoms with van der Waals surface area (Å²) in [6, 6.07) is -0.997. The fourth-order valence-corrected chi connectivity index (χ4v) is 8.75. The van der Waals surface area contributed by atoms with Crippen LogP contribution < -0.4 is 11.1 Å². The zero-order valence-corrected chi connectivity index (χ0v) is 25.1. The summed E-state index contributed by atoms with van der Waals surface area (Å²) in [6.07, 6.45) is -13.2. The average Bonchev–Trinajstić information content (AvgIpc) is 3.47. The summed E-state index contributed by atoms with van der Waals surface area (Å²) in [5.41, 5.74) is 6.64. The van der Waals surface area contributed by atoms with Gasteiger partial charge in [-0.15, -0.1) is 11.3 Å². The first-order chi connectivity index (χ1) is 19.7. The van der Waals surface area contributed by atoms with E-state index in [-0.39, 0.29) is 5.82 Å². The molecule has 0 bridgehead atoms. The van der Waals surface area contributed by atoms with E-state index in [9.17, 15) is 33.7 Å². The molecular weight excluding hydrogens is 652 g/mol. The molecule has 7 unspecified atom stereocenters. The van der Waals surface area contributed by atoms with Gasteiger partial charge in [-0.25, -0.2) is 27.9 Å². The first-order valence-corrected chi connectivity index (χ1v) is 17.3. The van der Waals surface area contributed by atoms with Crippen LogP contribution in [0.15, 0.2) is 11.7 Å². The molecule has 22 heteroatoms. The average molecular weight is 683 g/mol. The lowest BCUT2D eigenvalue weighted by Crippen LogP contribution is -2.47. The highest BCUT2D eigenvalue weighted by Crippen LogP contribution is 2.66. The number of thiophene rings is 1. The van der Waals surface area contributed by atoms with Gasteiger partial charge in [0.15, 0.2) is 6.29 Å². The Kier molecular flexibility index (Phi) is 11.0. The first kappa shape index (κ1) is 34.0. The van der Waals surface area contributed by atoms with Crippen molar-refractivity contribution in [2.24, 2.45) is 5.92 Å². The van der Waals surface area contributed by atoms with E-state index in [4.69, 9.17) is 24.8 Å². The maximum atomic E-state index is 15.4. The Hall–Kier alpha value is -0.930. The van der Waals surface area contributed by atoms with Crippen LogP contribution in [-0.4, -0.2) is 111 Å². The fourth-order valence-electron chi connectivity index (χ4n) is 4.60. The molecule has 2 fully saturated rings. The Morgan fingerprint density at radius 1 is 1.29 bits per heavy atom. The number of thiol groups is 1. The van der Waals surface area contributed by atoms with Gasteiger partial charge in [0, 0.05) is 11.5 Å². The molecule has 12 atom stereocenters. The molecule has 0 aromatic carbocycles. The second-order valence-corrected chi connectivity index (χ2v) is 14.8. The number of likely N-dealkylation sites (N-methyl/N-ethyl adjacent to an activating group) is 1. The van der Waals surface area contributed by atoms with Crippen molar-refractivity contribution in [3.05, 3.63) is 17.3 Å². The molecule has 2 aromatic heterocycles. The molecule has 238 valence electrons. The van der Waals surface area contributed by atoms with Crippen molar-refractivity contribution < 1.29 is 66.1 Å². The molecule has 2 aromatic rings. The maximum Gasteiger partial charge on any atom is 0.482 e. The van der Waals surface area contributed by atoms with E-state index in [0.29, 0.717) is 15.8 Å². The highest BCUT2D eigenvalue weighted by atomic mass is 32.7. The van der Waals surface area contributed by atoms with E-state index >= 15 is 4.39 Å². The predicted molar refractivity (Wildman–Crippen MR) is 145 cm³/mol. The van der Waals surface area contributed by atoms with Crippen molar-refractivity contribution in [1.29, 1.82) is 0 Å². The van der Waals surface area contributed by atoms with Crippen LogP contribution in [0, 0.1) is 5.92 Å². The van der Waals surface area contributed by atoms with E-state index in [1.807, 2.05) is 0 Å². The van der Waals surface area contributed by atoms with Crippen molar-refractivity contribution in [3.8, 4) is 0 Å². The summed E-state index contributed by atoms with van der Waals surface area (Å²) in [7, 11) is -4.00. The number of nitrogen functional groups attached to an aromatic ring is 1. The molecule has 8 N–H and O–H groups in total. The number of hydrogen-bond acceptors (Lipinski definition) is 16. The van der Waals surface area contributed by atoms with E-state index < -0.39 is 95.6 Å². The summed E-state index contributed by atoms with van der Waals surface area (Å²) >= 11 is 4.85. The van der Waals surface area contributed by atoms with Gasteiger partial charge in [0.1, 0.15) is 48.9 Å². The normalized spacial score (nSPS) is 35.9. The Morgan fingerprint density at radius 3 is 2.67 bits per heavy atom. The van der Waals surface area contributed by atoms with E-state index in [2.05, 4.69) is 36.4 Å². The summed E-state index contributed by atoms with van der Waals surface area (Å²) in [4.78, 5) is 18.2. The van der Waals surface area contributed by atoms with Crippen LogP contribution in [-0.2, 0) is 32.0 Å². The Labute approximate surface area is 246 Å². The van der Waals surface area contributed by atoms with Gasteiger partial charge in [-0.05, 0) is 12.4 Å². The molecule has 0 spiro atoms. The number of ether oxygens (including phenoxy) is 2. The Bertz CT molecular complexity index is 1340. The third kappa shape index (κ3) is 7.30. The number of nitrogens with one attached hydrogen (secondary N) is 1. The molecule has 0 saturated carbocycles. The monoisotopic (exact) mass is 682 g/mol. The highest BCUT2D eigenvalue weighted by Gasteiger charge is 2.49. The number of halogens is 2. The van der Waals surface area contributed by atoms with Crippen LogP contribution in [0.2, 0.25) is 0 Å². The number of nitrogens with zero attached hydrogens (tertiary/aromatic N) is 2. The lowest BCUT2D eigenvalue weighted by molar-refractivity contribution is -0.173. The lowest BCUT2D eigenvalue weighted by Gasteiger charge is -2.27. The van der Waals surface area contributed by atoms with Gasteiger partial charge < -0.3 is 45.8 Å². The van der Waals surface area contributed by atoms with Gasteiger partial charge in [0.25, 0.3) is 0 Å².